The molecule has 0 radical (unpaired) electrons. The van der Waals surface area contributed by atoms with Gasteiger partial charge in [-0.2, -0.15) is 0 Å². The number of anilines is 1. The quantitative estimate of drug-likeness (QED) is 0.726. The second kappa shape index (κ2) is 5.31. The normalized spacial score (nSPS) is 14.6. The summed E-state index contributed by atoms with van der Waals surface area (Å²) in [6, 6.07) is 16.2. The molecule has 0 atom stereocenters. The summed E-state index contributed by atoms with van der Waals surface area (Å²) in [6.07, 6.45) is 0. The molecule has 1 aliphatic heterocycles. The molecule has 1 aliphatic rings. The van der Waals surface area contributed by atoms with Crippen LogP contribution in [0.4, 0.5) is 5.69 Å². The Bertz CT molecular complexity index is 612. The van der Waals surface area contributed by atoms with Gasteiger partial charge in [-0.15, -0.1) is 0 Å². The van der Waals surface area contributed by atoms with E-state index < -0.39 is 0 Å². The fraction of sp³-hybridized carbons (Fsp3) is 0.133. The van der Waals surface area contributed by atoms with Crippen LogP contribution < -0.4 is 9.64 Å². The predicted octanol–water partition coefficient (Wildman–Crippen LogP) is 4.18. The van der Waals surface area contributed by atoms with E-state index in [4.69, 9.17) is 17.0 Å². The molecule has 1 heterocycles. The van der Waals surface area contributed by atoms with Crippen LogP contribution in [0.1, 0.15) is 5.56 Å². The maximum atomic E-state index is 5.74. The number of benzene rings is 2. The fourth-order valence-corrected chi connectivity index (χ4v) is 2.60. The molecule has 0 amide bonds. The van der Waals surface area contributed by atoms with Crippen LogP contribution in [-0.4, -0.2) is 11.6 Å². The highest BCUT2D eigenvalue weighted by molar-refractivity contribution is 9.10. The van der Waals surface area contributed by atoms with Crippen molar-refractivity contribution in [2.45, 2.75) is 6.54 Å². The number of ether oxygens (including phenoxy) is 1. The largest absolute Gasteiger partial charge is 0.486 e. The van der Waals surface area contributed by atoms with Crippen LogP contribution in [0.3, 0.4) is 0 Å². The van der Waals surface area contributed by atoms with Crippen molar-refractivity contribution in [3.63, 3.8) is 0 Å². The minimum atomic E-state index is 0.447. The van der Waals surface area contributed by atoms with Gasteiger partial charge in [-0.25, -0.2) is 0 Å². The summed E-state index contributed by atoms with van der Waals surface area (Å²) in [6.45, 7) is 1.19. The Balaban J connectivity index is 1.97. The van der Waals surface area contributed by atoms with Gasteiger partial charge in [0.05, 0.1) is 6.54 Å². The van der Waals surface area contributed by atoms with E-state index in [1.165, 1.54) is 0 Å². The first kappa shape index (κ1) is 12.6. The van der Waals surface area contributed by atoms with E-state index in [0.717, 1.165) is 33.0 Å². The van der Waals surface area contributed by atoms with Crippen molar-refractivity contribution in [1.82, 2.24) is 0 Å². The topological polar surface area (TPSA) is 12.5 Å². The van der Waals surface area contributed by atoms with Crippen LogP contribution >= 0.6 is 28.1 Å². The van der Waals surface area contributed by atoms with Gasteiger partial charge >= 0.3 is 0 Å². The van der Waals surface area contributed by atoms with Crippen LogP contribution in [0.25, 0.3) is 0 Å². The Kier molecular flexibility index (Phi) is 3.53. The maximum absolute atomic E-state index is 5.74. The highest BCUT2D eigenvalue weighted by Gasteiger charge is 2.19. The summed E-state index contributed by atoms with van der Waals surface area (Å²) in [5.74, 6) is 0.921. The second-order valence-electron chi connectivity index (χ2n) is 4.35. The summed E-state index contributed by atoms with van der Waals surface area (Å²) < 4.78 is 6.81. The molecule has 0 N–H and O–H groups in total. The summed E-state index contributed by atoms with van der Waals surface area (Å²) in [4.78, 5) is 2.92. The van der Waals surface area contributed by atoms with Crippen molar-refractivity contribution >= 4 is 38.8 Å². The average molecular weight is 334 g/mol. The third-order valence-electron chi connectivity index (χ3n) is 3.09. The Hall–Kier alpha value is -1.39. The van der Waals surface area contributed by atoms with Crippen molar-refractivity contribution in [3.8, 4) is 5.75 Å². The molecule has 0 bridgehead atoms. The zero-order chi connectivity index (χ0) is 13.2. The van der Waals surface area contributed by atoms with E-state index >= 15 is 0 Å². The van der Waals surface area contributed by atoms with Gasteiger partial charge in [-0.05, 0) is 30.3 Å². The number of para-hydroxylation sites is 1. The molecule has 0 spiro atoms. The van der Waals surface area contributed by atoms with Gasteiger partial charge < -0.3 is 9.64 Å². The number of hydrogen-bond acceptors (Lipinski definition) is 2. The van der Waals surface area contributed by atoms with Crippen LogP contribution in [0.5, 0.6) is 5.75 Å². The standard InChI is InChI=1S/C15H12BrNOS/c16-12-5-7-13(8-6-12)17-9-11-3-1-2-4-14(11)18-10-15(17)19/h1-8H,9-10H2. The molecule has 0 saturated carbocycles. The number of halogens is 1. The summed E-state index contributed by atoms with van der Waals surface area (Å²) in [5.41, 5.74) is 2.25. The minimum absolute atomic E-state index is 0.447. The molecule has 4 heteroatoms. The van der Waals surface area contributed by atoms with Crippen LogP contribution in [0, 0.1) is 0 Å². The van der Waals surface area contributed by atoms with Gasteiger partial charge in [0.2, 0.25) is 0 Å². The third kappa shape index (κ3) is 2.65. The average Bonchev–Trinajstić information content (AvgIpc) is 2.60. The lowest BCUT2D eigenvalue weighted by atomic mass is 10.2. The van der Waals surface area contributed by atoms with Gasteiger partial charge in [0.15, 0.2) is 0 Å². The Morgan fingerprint density at radius 1 is 1.05 bits per heavy atom. The number of rotatable bonds is 1. The maximum Gasteiger partial charge on any atom is 0.139 e. The van der Waals surface area contributed by atoms with Gasteiger partial charge in [0.25, 0.3) is 0 Å². The molecule has 19 heavy (non-hydrogen) atoms. The number of fused-ring (bicyclic) bond motifs is 1. The Morgan fingerprint density at radius 2 is 1.79 bits per heavy atom. The lowest BCUT2D eigenvalue weighted by Gasteiger charge is -2.22. The van der Waals surface area contributed by atoms with Gasteiger partial charge in [-0.1, -0.05) is 46.3 Å². The Labute approximate surface area is 126 Å². The number of nitrogens with zero attached hydrogens (tertiary/aromatic N) is 1. The molecule has 3 rings (SSSR count). The number of thiocarbonyl (C=S) groups is 1. The molecule has 0 saturated heterocycles. The summed E-state index contributed by atoms with van der Waals surface area (Å²) >= 11 is 8.91. The molecule has 2 aromatic rings. The van der Waals surface area contributed by atoms with E-state index in [2.05, 4.69) is 39.0 Å². The lowest BCUT2D eigenvalue weighted by molar-refractivity contribution is 0.378. The minimum Gasteiger partial charge on any atom is -0.486 e. The molecule has 0 unspecified atom stereocenters. The predicted molar refractivity (Wildman–Crippen MR) is 84.9 cm³/mol. The van der Waals surface area contributed by atoms with Gasteiger partial charge in [0, 0.05) is 15.7 Å². The Morgan fingerprint density at radius 3 is 2.58 bits per heavy atom. The number of hydrogen-bond donors (Lipinski definition) is 0. The van der Waals surface area contributed by atoms with Crippen molar-refractivity contribution < 1.29 is 4.74 Å². The fourth-order valence-electron chi connectivity index (χ4n) is 2.11. The van der Waals surface area contributed by atoms with Crippen molar-refractivity contribution in [3.05, 3.63) is 58.6 Å². The zero-order valence-corrected chi connectivity index (χ0v) is 12.6. The molecule has 0 fully saturated rings. The second-order valence-corrected chi connectivity index (χ2v) is 5.74. The smallest absolute Gasteiger partial charge is 0.139 e. The third-order valence-corrected chi connectivity index (χ3v) is 3.96. The first-order chi connectivity index (χ1) is 9.24. The van der Waals surface area contributed by atoms with Gasteiger partial charge in [0.1, 0.15) is 17.3 Å². The molecule has 2 aromatic carbocycles. The molecule has 2 nitrogen and oxygen atoms in total. The monoisotopic (exact) mass is 333 g/mol. The molecule has 0 aliphatic carbocycles. The summed E-state index contributed by atoms with van der Waals surface area (Å²) in [5, 5.41) is 0. The van der Waals surface area contributed by atoms with Crippen molar-refractivity contribution in [2.24, 2.45) is 0 Å². The van der Waals surface area contributed by atoms with Gasteiger partial charge in [-0.3, -0.25) is 0 Å². The van der Waals surface area contributed by atoms with E-state index in [-0.39, 0.29) is 0 Å². The van der Waals surface area contributed by atoms with Crippen LogP contribution in [0.2, 0.25) is 0 Å². The molecular formula is C15H12BrNOS. The first-order valence-electron chi connectivity index (χ1n) is 6.01. The highest BCUT2D eigenvalue weighted by Crippen LogP contribution is 2.27. The van der Waals surface area contributed by atoms with E-state index in [1.54, 1.807) is 0 Å². The van der Waals surface area contributed by atoms with Crippen molar-refractivity contribution in [1.29, 1.82) is 0 Å². The molecular weight excluding hydrogens is 322 g/mol. The SMILES string of the molecule is S=C1COc2ccccc2CN1c1ccc(Br)cc1. The van der Waals surface area contributed by atoms with Crippen LogP contribution in [-0.2, 0) is 6.54 Å². The van der Waals surface area contributed by atoms with Crippen molar-refractivity contribution in [2.75, 3.05) is 11.5 Å². The zero-order valence-electron chi connectivity index (χ0n) is 10.2. The first-order valence-corrected chi connectivity index (χ1v) is 7.21. The highest BCUT2D eigenvalue weighted by atomic mass is 79.9. The van der Waals surface area contributed by atoms with E-state index in [9.17, 15) is 0 Å². The van der Waals surface area contributed by atoms with E-state index in [0.29, 0.717) is 6.61 Å². The lowest BCUT2D eigenvalue weighted by Crippen LogP contribution is -2.30. The summed E-state index contributed by atoms with van der Waals surface area (Å²) in [7, 11) is 0. The molecule has 96 valence electrons. The van der Waals surface area contributed by atoms with E-state index in [1.807, 2.05) is 30.3 Å². The molecule has 0 aromatic heterocycles. The van der Waals surface area contributed by atoms with Crippen LogP contribution in [0.15, 0.2) is 53.0 Å².